The number of likely N-dealkylation sites (tertiary alicyclic amines) is 1. The largest absolute Gasteiger partial charge is 0.342 e. The van der Waals surface area contributed by atoms with Crippen molar-refractivity contribution in [1.82, 2.24) is 10.2 Å². The van der Waals surface area contributed by atoms with Crippen LogP contribution in [0, 0.1) is 17.8 Å². The van der Waals surface area contributed by atoms with Crippen LogP contribution in [0.4, 0.5) is 0 Å². The van der Waals surface area contributed by atoms with Gasteiger partial charge < -0.3 is 10.2 Å². The van der Waals surface area contributed by atoms with E-state index in [2.05, 4.69) is 10.2 Å². The highest BCUT2D eigenvalue weighted by Gasteiger charge is 2.47. The molecule has 3 aliphatic rings. The summed E-state index contributed by atoms with van der Waals surface area (Å²) in [7, 11) is 0. The van der Waals surface area contributed by atoms with Gasteiger partial charge in [-0.05, 0) is 61.7 Å². The molecule has 0 aromatic heterocycles. The Bertz CT molecular complexity index is 607. The number of hydrogen-bond donors (Lipinski definition) is 1. The Morgan fingerprint density at radius 2 is 1.83 bits per heavy atom. The van der Waals surface area contributed by atoms with Crippen LogP contribution in [0.1, 0.15) is 30.7 Å². The van der Waals surface area contributed by atoms with Gasteiger partial charge in [-0.1, -0.05) is 35.3 Å². The number of carbonyl (C=O) groups is 1. The molecule has 5 heteroatoms. The van der Waals surface area contributed by atoms with Crippen molar-refractivity contribution in [1.29, 1.82) is 0 Å². The number of amides is 1. The maximum atomic E-state index is 12.8. The van der Waals surface area contributed by atoms with Crippen LogP contribution in [0.3, 0.4) is 0 Å². The zero-order valence-corrected chi connectivity index (χ0v) is 14.6. The van der Waals surface area contributed by atoms with Crippen LogP contribution in [0.2, 0.25) is 10.0 Å². The zero-order valence-electron chi connectivity index (χ0n) is 13.1. The minimum Gasteiger partial charge on any atom is -0.342 e. The number of carbonyl (C=O) groups excluding carboxylic acids is 1. The molecule has 4 rings (SSSR count). The molecular formula is C18H22Cl2N2O. The lowest BCUT2D eigenvalue weighted by Gasteiger charge is -2.21. The summed E-state index contributed by atoms with van der Waals surface area (Å²) in [5, 5.41) is 4.68. The first kappa shape index (κ1) is 15.7. The first-order valence-corrected chi connectivity index (χ1v) is 9.34. The lowest BCUT2D eigenvalue weighted by Crippen LogP contribution is -2.34. The van der Waals surface area contributed by atoms with Crippen LogP contribution in [-0.2, 0) is 4.79 Å². The lowest BCUT2D eigenvalue weighted by molar-refractivity contribution is -0.132. The minimum atomic E-state index is 0.0991. The third kappa shape index (κ3) is 2.99. The van der Waals surface area contributed by atoms with Gasteiger partial charge in [-0.15, -0.1) is 0 Å². The molecule has 23 heavy (non-hydrogen) atoms. The molecule has 2 saturated heterocycles. The van der Waals surface area contributed by atoms with E-state index in [0.29, 0.717) is 16.0 Å². The van der Waals surface area contributed by atoms with E-state index in [1.54, 1.807) is 6.07 Å². The first-order valence-electron chi connectivity index (χ1n) is 8.58. The molecule has 0 radical (unpaired) electrons. The number of nitrogens with zero attached hydrogens (tertiary/aromatic N) is 1. The second-order valence-electron chi connectivity index (χ2n) is 7.17. The summed E-state index contributed by atoms with van der Waals surface area (Å²) in [6.07, 6.45) is 3.18. The number of benzene rings is 1. The van der Waals surface area contributed by atoms with Gasteiger partial charge in [0.2, 0.25) is 5.91 Å². The van der Waals surface area contributed by atoms with E-state index >= 15 is 0 Å². The monoisotopic (exact) mass is 352 g/mol. The van der Waals surface area contributed by atoms with E-state index < -0.39 is 0 Å². The standard InChI is InChI=1S/C18H22Cl2N2O/c19-16-3-1-2-13(17(16)20)14-8-15(14)18(23)22-6-4-11-9-21-10-12(11)5-7-22/h1-3,11-12,14-15,21H,4-10H2/t11-,12+,14?,15?. The fourth-order valence-electron chi connectivity index (χ4n) is 4.29. The van der Waals surface area contributed by atoms with Crippen molar-refractivity contribution >= 4 is 29.1 Å². The summed E-state index contributed by atoms with van der Waals surface area (Å²) >= 11 is 12.4. The molecule has 1 aromatic carbocycles. The van der Waals surface area contributed by atoms with Crippen LogP contribution in [-0.4, -0.2) is 37.0 Å². The highest BCUT2D eigenvalue weighted by Crippen LogP contribution is 2.51. The molecule has 124 valence electrons. The molecular weight excluding hydrogens is 331 g/mol. The maximum Gasteiger partial charge on any atom is 0.226 e. The van der Waals surface area contributed by atoms with Gasteiger partial charge in [-0.2, -0.15) is 0 Å². The maximum absolute atomic E-state index is 12.8. The number of nitrogens with one attached hydrogen (secondary N) is 1. The van der Waals surface area contributed by atoms with E-state index in [-0.39, 0.29) is 11.8 Å². The van der Waals surface area contributed by atoms with Crippen LogP contribution < -0.4 is 5.32 Å². The predicted octanol–water partition coefficient (Wildman–Crippen LogP) is 3.55. The molecule has 2 unspecified atom stereocenters. The topological polar surface area (TPSA) is 32.3 Å². The first-order chi connectivity index (χ1) is 11.1. The molecule has 3 nitrogen and oxygen atoms in total. The minimum absolute atomic E-state index is 0.0991. The van der Waals surface area contributed by atoms with Gasteiger partial charge in [-0.25, -0.2) is 0 Å². The predicted molar refractivity (Wildman–Crippen MR) is 93.0 cm³/mol. The second-order valence-corrected chi connectivity index (χ2v) is 7.96. The second kappa shape index (κ2) is 6.27. The quantitative estimate of drug-likeness (QED) is 0.882. The van der Waals surface area contributed by atoms with Crippen LogP contribution in [0.15, 0.2) is 18.2 Å². The molecule has 4 atom stereocenters. The van der Waals surface area contributed by atoms with Crippen molar-refractivity contribution < 1.29 is 4.79 Å². The van der Waals surface area contributed by atoms with Gasteiger partial charge in [0.05, 0.1) is 10.0 Å². The van der Waals surface area contributed by atoms with E-state index in [1.807, 2.05) is 12.1 Å². The summed E-state index contributed by atoms with van der Waals surface area (Å²) in [5.74, 6) is 2.18. The van der Waals surface area contributed by atoms with Gasteiger partial charge in [0.25, 0.3) is 0 Å². The van der Waals surface area contributed by atoms with Crippen LogP contribution >= 0.6 is 23.2 Å². The lowest BCUT2D eigenvalue weighted by atomic mass is 9.92. The molecule has 1 aliphatic carbocycles. The van der Waals surface area contributed by atoms with Gasteiger partial charge in [0.15, 0.2) is 0 Å². The Labute approximate surface area is 147 Å². The number of fused-ring (bicyclic) bond motifs is 1. The third-order valence-corrected chi connectivity index (χ3v) is 6.65. The SMILES string of the molecule is O=C(C1CC1c1cccc(Cl)c1Cl)N1CC[C@@H]2CNC[C@@H]2CC1. The normalized spacial score (nSPS) is 33.2. The molecule has 1 N–H and O–H groups in total. The van der Waals surface area contributed by atoms with Gasteiger partial charge in [0.1, 0.15) is 0 Å². The molecule has 2 heterocycles. The molecule has 0 bridgehead atoms. The molecule has 3 fully saturated rings. The van der Waals surface area contributed by atoms with Crippen molar-refractivity contribution in [3.8, 4) is 0 Å². The number of halogens is 2. The highest BCUT2D eigenvalue weighted by molar-refractivity contribution is 6.42. The Hall–Kier alpha value is -0.770. The summed E-state index contributed by atoms with van der Waals surface area (Å²) in [6, 6.07) is 5.72. The van der Waals surface area contributed by atoms with Crippen molar-refractivity contribution in [2.45, 2.75) is 25.2 Å². The fourth-order valence-corrected chi connectivity index (χ4v) is 4.74. The summed E-state index contributed by atoms with van der Waals surface area (Å²) in [6.45, 7) is 4.07. The molecule has 1 aromatic rings. The van der Waals surface area contributed by atoms with E-state index in [0.717, 1.165) is 62.8 Å². The highest BCUT2D eigenvalue weighted by atomic mass is 35.5. The van der Waals surface area contributed by atoms with E-state index in [4.69, 9.17) is 23.2 Å². The average molecular weight is 353 g/mol. The number of hydrogen-bond acceptors (Lipinski definition) is 2. The third-order valence-electron chi connectivity index (χ3n) is 5.82. The fraction of sp³-hybridized carbons (Fsp3) is 0.611. The molecule has 1 saturated carbocycles. The van der Waals surface area contributed by atoms with Crippen molar-refractivity contribution in [3.05, 3.63) is 33.8 Å². The van der Waals surface area contributed by atoms with Crippen molar-refractivity contribution in [2.75, 3.05) is 26.2 Å². The van der Waals surface area contributed by atoms with Crippen LogP contribution in [0.5, 0.6) is 0 Å². The van der Waals surface area contributed by atoms with Gasteiger partial charge in [0, 0.05) is 19.0 Å². The van der Waals surface area contributed by atoms with Crippen molar-refractivity contribution in [2.24, 2.45) is 17.8 Å². The van der Waals surface area contributed by atoms with Crippen molar-refractivity contribution in [3.63, 3.8) is 0 Å². The smallest absolute Gasteiger partial charge is 0.226 e. The Kier molecular flexibility index (Phi) is 4.29. The molecule has 0 spiro atoms. The zero-order chi connectivity index (χ0) is 16.0. The Morgan fingerprint density at radius 1 is 1.13 bits per heavy atom. The van der Waals surface area contributed by atoms with Crippen LogP contribution in [0.25, 0.3) is 0 Å². The molecule has 1 amide bonds. The van der Waals surface area contributed by atoms with E-state index in [1.165, 1.54) is 0 Å². The molecule has 2 aliphatic heterocycles. The van der Waals surface area contributed by atoms with E-state index in [9.17, 15) is 4.79 Å². The van der Waals surface area contributed by atoms with Gasteiger partial charge >= 0.3 is 0 Å². The summed E-state index contributed by atoms with van der Waals surface area (Å²) in [5.41, 5.74) is 1.04. The summed E-state index contributed by atoms with van der Waals surface area (Å²) in [4.78, 5) is 14.9. The number of rotatable bonds is 2. The van der Waals surface area contributed by atoms with Gasteiger partial charge in [-0.3, -0.25) is 4.79 Å². The summed E-state index contributed by atoms with van der Waals surface area (Å²) < 4.78 is 0. The average Bonchev–Trinajstić information content (AvgIpc) is 3.26. The Balaban J connectivity index is 1.42. The Morgan fingerprint density at radius 3 is 2.52 bits per heavy atom.